The zero-order chi connectivity index (χ0) is 8.10. The predicted octanol–water partition coefficient (Wildman–Crippen LogP) is -1.14. The van der Waals surface area contributed by atoms with Gasteiger partial charge in [-0.2, -0.15) is 0 Å². The summed E-state index contributed by atoms with van der Waals surface area (Å²) in [6.45, 7) is 4.64. The zero-order valence-electron chi connectivity index (χ0n) is 6.92. The van der Waals surface area contributed by atoms with Crippen LogP contribution in [0.5, 0.6) is 0 Å². The monoisotopic (exact) mass is 160 g/mol. The van der Waals surface area contributed by atoms with E-state index >= 15 is 0 Å². The maximum absolute atomic E-state index is 9.13. The van der Waals surface area contributed by atoms with Gasteiger partial charge in [0.15, 0.2) is 6.29 Å². The Kier molecular flexibility index (Phi) is 3.79. The van der Waals surface area contributed by atoms with Gasteiger partial charge in [-0.25, -0.2) is 0 Å². The quantitative estimate of drug-likeness (QED) is 0.512. The summed E-state index contributed by atoms with van der Waals surface area (Å²) in [4.78, 5) is 2.19. The van der Waals surface area contributed by atoms with E-state index in [2.05, 4.69) is 10.2 Å². The second-order valence-electron chi connectivity index (χ2n) is 2.74. The first kappa shape index (κ1) is 8.93. The SMILES string of the molecule is COC(O)CN1CCNCC1. The van der Waals surface area contributed by atoms with Crippen LogP contribution in [0, 0.1) is 0 Å². The smallest absolute Gasteiger partial charge is 0.166 e. The third-order valence-electron chi connectivity index (χ3n) is 1.90. The van der Waals surface area contributed by atoms with E-state index in [-0.39, 0.29) is 0 Å². The van der Waals surface area contributed by atoms with Crippen molar-refractivity contribution in [3.63, 3.8) is 0 Å². The number of hydrogen-bond acceptors (Lipinski definition) is 4. The molecule has 0 amide bonds. The predicted molar refractivity (Wildman–Crippen MR) is 42.3 cm³/mol. The van der Waals surface area contributed by atoms with Crippen LogP contribution in [0.4, 0.5) is 0 Å². The Labute approximate surface area is 67.1 Å². The van der Waals surface area contributed by atoms with E-state index in [0.717, 1.165) is 26.2 Å². The molecule has 0 aromatic carbocycles. The molecular weight excluding hydrogens is 144 g/mol. The Morgan fingerprint density at radius 2 is 2.18 bits per heavy atom. The molecule has 0 saturated carbocycles. The normalized spacial score (nSPS) is 23.5. The molecule has 1 unspecified atom stereocenters. The summed E-state index contributed by atoms with van der Waals surface area (Å²) in [7, 11) is 1.52. The highest BCUT2D eigenvalue weighted by Crippen LogP contribution is 1.94. The number of hydrogen-bond donors (Lipinski definition) is 2. The summed E-state index contributed by atoms with van der Waals surface area (Å²) in [5, 5.41) is 12.4. The van der Waals surface area contributed by atoms with E-state index in [1.165, 1.54) is 7.11 Å². The topological polar surface area (TPSA) is 44.7 Å². The number of aliphatic hydroxyl groups excluding tert-OH is 1. The molecule has 1 atom stereocenters. The molecule has 0 aromatic rings. The molecule has 4 nitrogen and oxygen atoms in total. The average molecular weight is 160 g/mol. The van der Waals surface area contributed by atoms with Gasteiger partial charge in [-0.3, -0.25) is 4.90 Å². The van der Waals surface area contributed by atoms with Crippen LogP contribution in [-0.2, 0) is 4.74 Å². The van der Waals surface area contributed by atoms with Crippen molar-refractivity contribution in [2.45, 2.75) is 6.29 Å². The number of β-amino-alcohol motifs (C(OH)–C–C–N with tert-alkyl or cyclic N) is 1. The van der Waals surface area contributed by atoms with E-state index < -0.39 is 6.29 Å². The molecule has 4 heteroatoms. The molecular formula is C7H16N2O2. The Balaban J connectivity index is 2.13. The first-order chi connectivity index (χ1) is 5.33. The number of nitrogens with zero attached hydrogens (tertiary/aromatic N) is 1. The molecule has 1 aliphatic heterocycles. The Hall–Kier alpha value is -0.160. The van der Waals surface area contributed by atoms with Gasteiger partial charge in [0.2, 0.25) is 0 Å². The van der Waals surface area contributed by atoms with Gasteiger partial charge in [0.25, 0.3) is 0 Å². The highest BCUT2D eigenvalue weighted by atomic mass is 16.6. The average Bonchev–Trinajstić information content (AvgIpc) is 2.06. The molecule has 1 rings (SSSR count). The number of nitrogens with one attached hydrogen (secondary N) is 1. The van der Waals surface area contributed by atoms with Crippen LogP contribution in [0.2, 0.25) is 0 Å². The van der Waals surface area contributed by atoms with Crippen LogP contribution < -0.4 is 5.32 Å². The number of aliphatic hydroxyl groups is 1. The highest BCUT2D eigenvalue weighted by Gasteiger charge is 2.12. The van der Waals surface area contributed by atoms with Gasteiger partial charge in [0.05, 0.1) is 0 Å². The maximum atomic E-state index is 9.13. The van der Waals surface area contributed by atoms with Crippen molar-refractivity contribution in [3.8, 4) is 0 Å². The van der Waals surface area contributed by atoms with Crippen molar-refractivity contribution in [3.05, 3.63) is 0 Å². The molecule has 0 aliphatic carbocycles. The summed E-state index contributed by atoms with van der Waals surface area (Å²) in [6, 6.07) is 0. The van der Waals surface area contributed by atoms with Gasteiger partial charge in [-0.05, 0) is 0 Å². The van der Waals surface area contributed by atoms with Crippen molar-refractivity contribution in [1.29, 1.82) is 0 Å². The summed E-state index contributed by atoms with van der Waals surface area (Å²) in [5.74, 6) is 0. The van der Waals surface area contributed by atoms with Crippen LogP contribution in [0.15, 0.2) is 0 Å². The first-order valence-corrected chi connectivity index (χ1v) is 3.97. The molecule has 2 N–H and O–H groups in total. The van der Waals surface area contributed by atoms with Crippen molar-refractivity contribution >= 4 is 0 Å². The van der Waals surface area contributed by atoms with Gasteiger partial charge < -0.3 is 15.2 Å². The Bertz CT molecular complexity index is 105. The van der Waals surface area contributed by atoms with E-state index in [1.54, 1.807) is 0 Å². The van der Waals surface area contributed by atoms with E-state index in [0.29, 0.717) is 6.54 Å². The number of methoxy groups -OCH3 is 1. The van der Waals surface area contributed by atoms with Gasteiger partial charge in [-0.1, -0.05) is 0 Å². The molecule has 0 radical (unpaired) electrons. The van der Waals surface area contributed by atoms with Gasteiger partial charge >= 0.3 is 0 Å². The molecule has 0 bridgehead atoms. The number of rotatable bonds is 3. The molecule has 0 spiro atoms. The molecule has 11 heavy (non-hydrogen) atoms. The standard InChI is InChI=1S/C7H16N2O2/c1-11-7(10)6-9-4-2-8-3-5-9/h7-8,10H,2-6H2,1H3. The lowest BCUT2D eigenvalue weighted by molar-refractivity contribution is -0.0915. The number of ether oxygens (including phenoxy) is 1. The zero-order valence-corrected chi connectivity index (χ0v) is 6.92. The van der Waals surface area contributed by atoms with Crippen LogP contribution in [0.3, 0.4) is 0 Å². The third kappa shape index (κ3) is 3.16. The minimum absolute atomic E-state index is 0.623. The highest BCUT2D eigenvalue weighted by molar-refractivity contribution is 4.67. The van der Waals surface area contributed by atoms with Gasteiger partial charge in [0.1, 0.15) is 0 Å². The second kappa shape index (κ2) is 4.66. The van der Waals surface area contributed by atoms with Crippen molar-refractivity contribution in [2.75, 3.05) is 39.8 Å². The van der Waals surface area contributed by atoms with Crippen LogP contribution in [0.1, 0.15) is 0 Å². The van der Waals surface area contributed by atoms with Gasteiger partial charge in [0, 0.05) is 39.8 Å². The molecule has 1 saturated heterocycles. The van der Waals surface area contributed by atoms with E-state index in [9.17, 15) is 0 Å². The van der Waals surface area contributed by atoms with Crippen LogP contribution >= 0.6 is 0 Å². The number of piperazine rings is 1. The van der Waals surface area contributed by atoms with Crippen LogP contribution in [0.25, 0.3) is 0 Å². The molecule has 0 aromatic heterocycles. The summed E-state index contributed by atoms with van der Waals surface area (Å²) in [6.07, 6.45) is -0.631. The van der Waals surface area contributed by atoms with Crippen LogP contribution in [-0.4, -0.2) is 56.1 Å². The van der Waals surface area contributed by atoms with Crippen molar-refractivity contribution in [1.82, 2.24) is 10.2 Å². The second-order valence-corrected chi connectivity index (χ2v) is 2.74. The largest absolute Gasteiger partial charge is 0.367 e. The van der Waals surface area contributed by atoms with Gasteiger partial charge in [-0.15, -0.1) is 0 Å². The summed E-state index contributed by atoms with van der Waals surface area (Å²) >= 11 is 0. The summed E-state index contributed by atoms with van der Waals surface area (Å²) in [5.41, 5.74) is 0. The molecule has 1 aliphatic rings. The fraction of sp³-hybridized carbons (Fsp3) is 1.00. The first-order valence-electron chi connectivity index (χ1n) is 3.97. The molecule has 1 heterocycles. The third-order valence-corrected chi connectivity index (χ3v) is 1.90. The Morgan fingerprint density at radius 3 is 2.73 bits per heavy atom. The fourth-order valence-corrected chi connectivity index (χ4v) is 1.19. The van der Waals surface area contributed by atoms with E-state index in [1.807, 2.05) is 0 Å². The van der Waals surface area contributed by atoms with Crippen molar-refractivity contribution in [2.24, 2.45) is 0 Å². The molecule has 1 fully saturated rings. The minimum atomic E-state index is -0.631. The lowest BCUT2D eigenvalue weighted by atomic mass is 10.3. The Morgan fingerprint density at radius 1 is 1.55 bits per heavy atom. The molecule has 66 valence electrons. The summed E-state index contributed by atoms with van der Waals surface area (Å²) < 4.78 is 4.75. The minimum Gasteiger partial charge on any atom is -0.367 e. The lowest BCUT2D eigenvalue weighted by Crippen LogP contribution is -2.46. The lowest BCUT2D eigenvalue weighted by Gasteiger charge is -2.28. The van der Waals surface area contributed by atoms with Crippen molar-refractivity contribution < 1.29 is 9.84 Å². The maximum Gasteiger partial charge on any atom is 0.166 e. The van der Waals surface area contributed by atoms with E-state index in [4.69, 9.17) is 9.84 Å². The fourth-order valence-electron chi connectivity index (χ4n) is 1.19.